The highest BCUT2D eigenvalue weighted by atomic mass is 32.1. The molecule has 216 valence electrons. The van der Waals surface area contributed by atoms with Gasteiger partial charge < -0.3 is 4.57 Å². The average Bonchev–Trinajstić information content (AvgIpc) is 3.73. The highest BCUT2D eigenvalue weighted by Crippen LogP contribution is 2.43. The molecule has 0 radical (unpaired) electrons. The molecule has 0 aliphatic heterocycles. The summed E-state index contributed by atoms with van der Waals surface area (Å²) in [5.74, 6) is 0. The van der Waals surface area contributed by atoms with E-state index in [0.717, 1.165) is 47.6 Å². The molecule has 4 heteroatoms. The monoisotopic (exact) mass is 583 g/mol. The zero-order valence-electron chi connectivity index (χ0n) is 24.9. The fourth-order valence-electron chi connectivity index (χ4n) is 6.31. The third kappa shape index (κ3) is 6.87. The number of hydrogen-bond acceptors (Lipinski definition) is 3. The van der Waals surface area contributed by atoms with Crippen molar-refractivity contribution in [3.63, 3.8) is 0 Å². The van der Waals surface area contributed by atoms with Crippen LogP contribution in [0.2, 0.25) is 0 Å². The first-order valence-corrected chi connectivity index (χ1v) is 17.7. The molecule has 5 aromatic rings. The number of fused-ring (bicyclic) bond motifs is 2. The van der Waals surface area contributed by atoms with Gasteiger partial charge in [-0.15, -0.1) is 22.7 Å². The summed E-state index contributed by atoms with van der Waals surface area (Å²) in [6, 6.07) is 19.4. The molecule has 0 aliphatic carbocycles. The Kier molecular flexibility index (Phi) is 10.9. The Morgan fingerprint density at radius 2 is 1.29 bits per heavy atom. The van der Waals surface area contributed by atoms with Crippen molar-refractivity contribution in [1.82, 2.24) is 4.57 Å². The van der Waals surface area contributed by atoms with Crippen molar-refractivity contribution in [3.8, 4) is 20.9 Å². The van der Waals surface area contributed by atoms with E-state index < -0.39 is 0 Å². The van der Waals surface area contributed by atoms with Crippen molar-refractivity contribution < 1.29 is 0 Å². The van der Waals surface area contributed by atoms with Gasteiger partial charge in [-0.1, -0.05) is 102 Å². The van der Waals surface area contributed by atoms with Gasteiger partial charge in [-0.3, -0.25) is 4.79 Å². The van der Waals surface area contributed by atoms with Gasteiger partial charge in [0.2, 0.25) is 0 Å². The summed E-state index contributed by atoms with van der Waals surface area (Å²) < 4.78 is 2.47. The summed E-state index contributed by atoms with van der Waals surface area (Å²) in [7, 11) is 0. The number of nitrogens with zero attached hydrogens (tertiary/aromatic N) is 1. The van der Waals surface area contributed by atoms with E-state index in [1.54, 1.807) is 22.7 Å². The van der Waals surface area contributed by atoms with Gasteiger partial charge in [-0.25, -0.2) is 0 Å². The minimum Gasteiger partial charge on any atom is -0.340 e. The first kappa shape index (κ1) is 29.8. The number of thiophene rings is 2. The van der Waals surface area contributed by atoms with Gasteiger partial charge >= 0.3 is 0 Å². The second kappa shape index (κ2) is 15.0. The molecule has 0 bridgehead atoms. The summed E-state index contributed by atoms with van der Waals surface area (Å²) in [4.78, 5) is 16.9. The van der Waals surface area contributed by atoms with Crippen LogP contribution in [0.3, 0.4) is 0 Å². The fourth-order valence-corrected chi connectivity index (χ4v) is 7.87. The molecular formula is C37H45NOS2. The predicted octanol–water partition coefficient (Wildman–Crippen LogP) is 11.9. The topological polar surface area (TPSA) is 22.0 Å². The number of para-hydroxylation sites is 1. The maximum atomic E-state index is 14.4. The van der Waals surface area contributed by atoms with E-state index in [1.165, 1.54) is 90.7 Å². The van der Waals surface area contributed by atoms with Gasteiger partial charge in [0.25, 0.3) is 0 Å². The van der Waals surface area contributed by atoms with Crippen molar-refractivity contribution in [2.75, 3.05) is 0 Å². The van der Waals surface area contributed by atoms with Crippen molar-refractivity contribution in [3.05, 3.63) is 81.1 Å². The van der Waals surface area contributed by atoms with Crippen LogP contribution in [0.1, 0.15) is 96.5 Å². The van der Waals surface area contributed by atoms with Crippen LogP contribution in [-0.2, 0) is 13.0 Å². The van der Waals surface area contributed by atoms with E-state index in [1.807, 2.05) is 12.1 Å². The van der Waals surface area contributed by atoms with Crippen molar-refractivity contribution >= 4 is 44.5 Å². The molecule has 0 N–H and O–H groups in total. The minimum atomic E-state index is 0.200. The molecule has 2 nitrogen and oxygen atoms in total. The highest BCUT2D eigenvalue weighted by molar-refractivity contribution is 7.14. The van der Waals surface area contributed by atoms with Crippen LogP contribution in [0.4, 0.5) is 0 Å². The number of unbranched alkanes of at least 4 members (excludes halogenated alkanes) is 10. The Morgan fingerprint density at radius 3 is 1.98 bits per heavy atom. The molecule has 41 heavy (non-hydrogen) atoms. The second-order valence-corrected chi connectivity index (χ2v) is 13.3. The van der Waals surface area contributed by atoms with Crippen LogP contribution >= 0.6 is 22.7 Å². The Balaban J connectivity index is 1.67. The number of aromatic nitrogens is 1. The smallest absolute Gasteiger partial charge is 0.197 e. The molecule has 0 aliphatic rings. The van der Waals surface area contributed by atoms with Crippen LogP contribution in [0.15, 0.2) is 70.2 Å². The summed E-state index contributed by atoms with van der Waals surface area (Å²) in [6.07, 6.45) is 16.1. The summed E-state index contributed by atoms with van der Waals surface area (Å²) in [5.41, 5.74) is 6.20. The molecule has 2 aromatic carbocycles. The lowest BCUT2D eigenvalue weighted by atomic mass is 9.89. The number of rotatable bonds is 16. The second-order valence-electron chi connectivity index (χ2n) is 11.4. The van der Waals surface area contributed by atoms with Crippen LogP contribution in [0.25, 0.3) is 42.7 Å². The predicted molar refractivity (Wildman–Crippen MR) is 183 cm³/mol. The van der Waals surface area contributed by atoms with Gasteiger partial charge in [0.05, 0.1) is 16.4 Å². The number of hydrogen-bond donors (Lipinski definition) is 0. The first-order chi connectivity index (χ1) is 20.2. The van der Waals surface area contributed by atoms with Crippen LogP contribution in [-0.4, -0.2) is 4.57 Å². The van der Waals surface area contributed by atoms with Gasteiger partial charge in [0, 0.05) is 32.8 Å². The molecule has 5 rings (SSSR count). The largest absolute Gasteiger partial charge is 0.340 e. The fraction of sp³-hybridized carbons (Fsp3) is 0.432. The molecule has 0 amide bonds. The molecule has 3 aromatic heterocycles. The van der Waals surface area contributed by atoms with Crippen molar-refractivity contribution in [2.45, 2.75) is 104 Å². The van der Waals surface area contributed by atoms with Gasteiger partial charge in [-0.2, -0.15) is 0 Å². The summed E-state index contributed by atoms with van der Waals surface area (Å²) in [6.45, 7) is 5.49. The Morgan fingerprint density at radius 1 is 0.659 bits per heavy atom. The zero-order chi connectivity index (χ0) is 28.4. The van der Waals surface area contributed by atoms with E-state index in [2.05, 4.69) is 71.6 Å². The lowest BCUT2D eigenvalue weighted by molar-refractivity contribution is 0.576. The van der Waals surface area contributed by atoms with Crippen LogP contribution < -0.4 is 5.43 Å². The van der Waals surface area contributed by atoms with E-state index in [-0.39, 0.29) is 5.43 Å². The third-order valence-electron chi connectivity index (χ3n) is 8.44. The standard InChI is InChI=1S/C37H45NOS2/c1-3-5-7-9-10-11-12-13-20-29-35(34-23-18-26-41-34)30(33-22-17-25-40-33)27-32-36(29)37(39)28-19-14-15-21-31(28)38(32)24-16-8-6-4-2/h14-15,17-19,21-23,25-27H,3-13,16,20,24H2,1-2H3. The Labute approximate surface area is 254 Å². The normalized spacial score (nSPS) is 11.7. The van der Waals surface area contributed by atoms with E-state index in [4.69, 9.17) is 0 Å². The molecule has 0 fully saturated rings. The molecule has 0 saturated heterocycles. The molecule has 0 spiro atoms. The summed E-state index contributed by atoms with van der Waals surface area (Å²) in [5, 5.41) is 6.15. The van der Waals surface area contributed by atoms with E-state index in [0.29, 0.717) is 0 Å². The minimum absolute atomic E-state index is 0.200. The SMILES string of the molecule is CCCCCCCCCCc1c(-c2cccs2)c(-c2cccs2)cc2c1c(=O)c1ccccc1n2CCCCCC. The molecule has 0 saturated carbocycles. The maximum absolute atomic E-state index is 14.4. The molecule has 3 heterocycles. The lowest BCUT2D eigenvalue weighted by Gasteiger charge is -2.22. The van der Waals surface area contributed by atoms with Crippen LogP contribution in [0, 0.1) is 0 Å². The van der Waals surface area contributed by atoms with Gasteiger partial charge in [0.1, 0.15) is 0 Å². The van der Waals surface area contributed by atoms with E-state index in [9.17, 15) is 4.79 Å². The Hall–Kier alpha value is -2.69. The average molecular weight is 584 g/mol. The molecular weight excluding hydrogens is 539 g/mol. The zero-order valence-corrected chi connectivity index (χ0v) is 26.6. The van der Waals surface area contributed by atoms with E-state index >= 15 is 0 Å². The summed E-state index contributed by atoms with van der Waals surface area (Å²) >= 11 is 3.60. The first-order valence-electron chi connectivity index (χ1n) is 15.9. The maximum Gasteiger partial charge on any atom is 0.197 e. The third-order valence-corrected chi connectivity index (χ3v) is 10.2. The number of aryl methyl sites for hydroxylation is 2. The molecule has 0 atom stereocenters. The van der Waals surface area contributed by atoms with Crippen molar-refractivity contribution in [2.24, 2.45) is 0 Å². The van der Waals surface area contributed by atoms with Crippen LogP contribution in [0.5, 0.6) is 0 Å². The molecule has 0 unspecified atom stereocenters. The lowest BCUT2D eigenvalue weighted by Crippen LogP contribution is -2.15. The number of pyridine rings is 1. The van der Waals surface area contributed by atoms with Crippen molar-refractivity contribution in [1.29, 1.82) is 0 Å². The Bertz CT molecular complexity index is 1580. The number of benzene rings is 2. The van der Waals surface area contributed by atoms with Gasteiger partial charge in [-0.05, 0) is 65.9 Å². The van der Waals surface area contributed by atoms with Gasteiger partial charge in [0.15, 0.2) is 5.43 Å². The highest BCUT2D eigenvalue weighted by Gasteiger charge is 2.22. The quantitative estimate of drug-likeness (QED) is 0.0836.